The predicted molar refractivity (Wildman–Crippen MR) is 103 cm³/mol. The molecule has 1 heterocycles. The summed E-state index contributed by atoms with van der Waals surface area (Å²) in [4.78, 5) is 18.3. The number of aryl methyl sites for hydroxylation is 1. The first-order valence-electron chi connectivity index (χ1n) is 8.12. The lowest BCUT2D eigenvalue weighted by Crippen LogP contribution is -2.11. The molecule has 0 unspecified atom stereocenters. The molecule has 3 nitrogen and oxygen atoms in total. The highest BCUT2D eigenvalue weighted by Gasteiger charge is 2.26. The number of carbonyl (C=O) groups excluding carboxylic acids is 1. The topological polar surface area (TPSA) is 42.0 Å². The summed E-state index contributed by atoms with van der Waals surface area (Å²) in [6, 6.07) is 20.1. The van der Waals surface area contributed by atoms with Crippen molar-refractivity contribution in [1.82, 2.24) is 4.98 Å². The van der Waals surface area contributed by atoms with Crippen LogP contribution in [-0.4, -0.2) is 10.9 Å². The van der Waals surface area contributed by atoms with Crippen LogP contribution >= 0.6 is 11.3 Å². The van der Waals surface area contributed by atoms with Crippen LogP contribution in [0.3, 0.4) is 0 Å². The third-order valence-corrected chi connectivity index (χ3v) is 5.57. The van der Waals surface area contributed by atoms with E-state index in [0.717, 1.165) is 21.7 Å². The molecule has 0 spiro atoms. The molecule has 4 heteroatoms. The van der Waals surface area contributed by atoms with Crippen LogP contribution in [0.4, 0.5) is 5.13 Å². The van der Waals surface area contributed by atoms with Gasteiger partial charge in [-0.15, -0.1) is 0 Å². The van der Waals surface area contributed by atoms with Crippen molar-refractivity contribution in [2.75, 3.05) is 5.32 Å². The van der Waals surface area contributed by atoms with Gasteiger partial charge < -0.3 is 0 Å². The molecule has 0 saturated heterocycles. The molecule has 1 amide bonds. The first-order valence-corrected chi connectivity index (χ1v) is 8.94. The first kappa shape index (κ1) is 14.4. The first-order chi connectivity index (χ1) is 12.2. The highest BCUT2D eigenvalue weighted by atomic mass is 32.1. The van der Waals surface area contributed by atoms with E-state index in [0.29, 0.717) is 10.7 Å². The zero-order valence-electron chi connectivity index (χ0n) is 13.5. The quantitative estimate of drug-likeness (QED) is 0.460. The molecule has 3 aromatic carbocycles. The number of anilines is 1. The summed E-state index contributed by atoms with van der Waals surface area (Å²) in [7, 11) is 0. The third kappa shape index (κ3) is 2.18. The molecule has 0 aliphatic heterocycles. The molecule has 0 saturated carbocycles. The fourth-order valence-corrected chi connectivity index (χ4v) is 4.35. The molecule has 120 valence electrons. The number of rotatable bonds is 2. The highest BCUT2D eigenvalue weighted by Crippen LogP contribution is 2.50. The van der Waals surface area contributed by atoms with Gasteiger partial charge in [-0.25, -0.2) is 4.98 Å². The van der Waals surface area contributed by atoms with Crippen LogP contribution in [0.1, 0.15) is 15.9 Å². The van der Waals surface area contributed by atoms with E-state index in [-0.39, 0.29) is 5.91 Å². The van der Waals surface area contributed by atoms with Crippen LogP contribution in [-0.2, 0) is 0 Å². The maximum atomic E-state index is 12.4. The van der Waals surface area contributed by atoms with Crippen molar-refractivity contribution < 1.29 is 4.79 Å². The van der Waals surface area contributed by atoms with Gasteiger partial charge in [0.05, 0.1) is 10.6 Å². The van der Waals surface area contributed by atoms with E-state index in [1.165, 1.54) is 27.7 Å². The van der Waals surface area contributed by atoms with Crippen molar-refractivity contribution in [2.45, 2.75) is 6.92 Å². The average molecular weight is 342 g/mol. The molecule has 25 heavy (non-hydrogen) atoms. The number of amides is 1. The Hall–Kier alpha value is -2.98. The Bertz CT molecular complexity index is 1090. The number of hydrogen-bond acceptors (Lipinski definition) is 3. The minimum Gasteiger partial charge on any atom is -0.298 e. The van der Waals surface area contributed by atoms with Crippen molar-refractivity contribution in [2.24, 2.45) is 0 Å². The van der Waals surface area contributed by atoms with Gasteiger partial charge in [-0.05, 0) is 29.8 Å². The highest BCUT2D eigenvalue weighted by molar-refractivity contribution is 7.20. The van der Waals surface area contributed by atoms with E-state index < -0.39 is 0 Å². The average Bonchev–Trinajstić information content (AvgIpc) is 3.16. The summed E-state index contributed by atoms with van der Waals surface area (Å²) in [5.41, 5.74) is 5.10. The summed E-state index contributed by atoms with van der Waals surface area (Å²) in [5.74, 6) is -0.126. The summed E-state index contributed by atoms with van der Waals surface area (Å²) >= 11 is 1.53. The summed E-state index contributed by atoms with van der Waals surface area (Å²) in [5, 5.41) is 6.07. The fraction of sp³-hybridized carbons (Fsp3) is 0.0476. The van der Waals surface area contributed by atoms with E-state index in [9.17, 15) is 4.79 Å². The fourth-order valence-electron chi connectivity index (χ4n) is 3.34. The lowest BCUT2D eigenvalue weighted by atomic mass is 10.0. The zero-order chi connectivity index (χ0) is 17.0. The number of fused-ring (bicyclic) bond motifs is 3. The van der Waals surface area contributed by atoms with Crippen molar-refractivity contribution in [3.63, 3.8) is 0 Å². The van der Waals surface area contributed by atoms with Crippen LogP contribution < -0.4 is 5.32 Å². The standard InChI is InChI=1S/C21H14N2OS/c1-12-8-10-14(11-9-12)20(24)23-21-22-18-15-6-2-4-13-5-3-7-16(17(13)15)19(18)25-21/h2-11H,1H3,(H,22,23,24). The Labute approximate surface area is 149 Å². The van der Waals surface area contributed by atoms with E-state index in [1.807, 2.05) is 31.2 Å². The molecule has 5 rings (SSSR count). The molecule has 0 radical (unpaired) electrons. The Balaban J connectivity index is 1.53. The molecule has 0 bridgehead atoms. The van der Waals surface area contributed by atoms with Gasteiger partial charge in [0.1, 0.15) is 0 Å². The van der Waals surface area contributed by atoms with Gasteiger partial charge in [0.25, 0.3) is 5.91 Å². The van der Waals surface area contributed by atoms with Gasteiger partial charge in [0.15, 0.2) is 5.13 Å². The Morgan fingerprint density at radius 1 is 0.960 bits per heavy atom. The van der Waals surface area contributed by atoms with Crippen molar-refractivity contribution in [1.29, 1.82) is 0 Å². The third-order valence-electron chi connectivity index (χ3n) is 4.57. The van der Waals surface area contributed by atoms with Gasteiger partial charge in [-0.1, -0.05) is 65.4 Å². The minimum atomic E-state index is -0.126. The molecular weight excluding hydrogens is 328 g/mol. The second kappa shape index (κ2) is 5.26. The lowest BCUT2D eigenvalue weighted by Gasteiger charge is -2.04. The maximum absolute atomic E-state index is 12.4. The van der Waals surface area contributed by atoms with E-state index in [4.69, 9.17) is 4.98 Å². The molecule has 1 aliphatic carbocycles. The van der Waals surface area contributed by atoms with Crippen molar-refractivity contribution >= 4 is 33.1 Å². The van der Waals surface area contributed by atoms with Gasteiger partial charge in [0, 0.05) is 16.7 Å². The van der Waals surface area contributed by atoms with Crippen LogP contribution in [0.5, 0.6) is 0 Å². The van der Waals surface area contributed by atoms with E-state index >= 15 is 0 Å². The number of aromatic nitrogens is 1. The van der Waals surface area contributed by atoms with Crippen LogP contribution in [0.25, 0.3) is 32.5 Å². The molecule has 1 aromatic heterocycles. The van der Waals surface area contributed by atoms with Gasteiger partial charge in [-0.2, -0.15) is 0 Å². The van der Waals surface area contributed by atoms with Gasteiger partial charge in [0.2, 0.25) is 0 Å². The summed E-state index contributed by atoms with van der Waals surface area (Å²) in [6.45, 7) is 2.01. The molecule has 1 aliphatic rings. The number of hydrogen-bond donors (Lipinski definition) is 1. The summed E-state index contributed by atoms with van der Waals surface area (Å²) in [6.07, 6.45) is 0. The molecule has 0 atom stereocenters. The molecular formula is C21H14N2OS. The van der Waals surface area contributed by atoms with Gasteiger partial charge in [-0.3, -0.25) is 10.1 Å². The Morgan fingerprint density at radius 3 is 2.44 bits per heavy atom. The maximum Gasteiger partial charge on any atom is 0.257 e. The largest absolute Gasteiger partial charge is 0.298 e. The molecule has 1 N–H and O–H groups in total. The number of nitrogens with zero attached hydrogens (tertiary/aromatic N) is 1. The predicted octanol–water partition coefficient (Wildman–Crippen LogP) is 5.50. The number of thiazole rings is 1. The normalized spacial score (nSPS) is 11.6. The molecule has 4 aromatic rings. The summed E-state index contributed by atoms with van der Waals surface area (Å²) < 4.78 is 0. The van der Waals surface area contributed by atoms with E-state index in [1.54, 1.807) is 0 Å². The van der Waals surface area contributed by atoms with Crippen molar-refractivity contribution in [3.8, 4) is 21.7 Å². The Morgan fingerprint density at radius 2 is 1.68 bits per heavy atom. The second-order valence-electron chi connectivity index (χ2n) is 6.23. The molecule has 0 fully saturated rings. The van der Waals surface area contributed by atoms with Crippen molar-refractivity contribution in [3.05, 3.63) is 71.8 Å². The van der Waals surface area contributed by atoms with Gasteiger partial charge >= 0.3 is 0 Å². The van der Waals surface area contributed by atoms with Crippen LogP contribution in [0, 0.1) is 6.92 Å². The van der Waals surface area contributed by atoms with Crippen LogP contribution in [0.2, 0.25) is 0 Å². The number of benzene rings is 3. The number of carbonyl (C=O) groups is 1. The van der Waals surface area contributed by atoms with Crippen LogP contribution in [0.15, 0.2) is 60.7 Å². The second-order valence-corrected chi connectivity index (χ2v) is 7.23. The Kier molecular flexibility index (Phi) is 3.02. The monoisotopic (exact) mass is 342 g/mol. The lowest BCUT2D eigenvalue weighted by molar-refractivity contribution is 0.102. The SMILES string of the molecule is Cc1ccc(C(=O)Nc2nc3c(s2)-c2cccc4cccc-3c24)cc1. The van der Waals surface area contributed by atoms with E-state index in [2.05, 4.69) is 41.7 Å². The number of nitrogens with one attached hydrogen (secondary N) is 1. The minimum absolute atomic E-state index is 0.126. The smallest absolute Gasteiger partial charge is 0.257 e. The zero-order valence-corrected chi connectivity index (χ0v) is 14.4.